The Kier molecular flexibility index (Phi) is 11.4. The van der Waals surface area contributed by atoms with E-state index in [-0.39, 0.29) is 37.1 Å². The average Bonchev–Trinajstić information content (AvgIpc) is 3.39. The van der Waals surface area contributed by atoms with Crippen molar-refractivity contribution in [1.29, 1.82) is 0 Å². The Hall–Kier alpha value is -4.17. The van der Waals surface area contributed by atoms with Crippen LogP contribution in [0.1, 0.15) is 8.42 Å². The predicted octanol–water partition coefficient (Wildman–Crippen LogP) is 5.79. The van der Waals surface area contributed by atoms with Crippen molar-refractivity contribution in [1.82, 2.24) is 9.97 Å². The number of nitrogen functional groups attached to an aromatic ring is 1. The van der Waals surface area contributed by atoms with E-state index in [4.69, 9.17) is 10.5 Å². The van der Waals surface area contributed by atoms with Gasteiger partial charge in [0.15, 0.2) is 11.7 Å². The van der Waals surface area contributed by atoms with Gasteiger partial charge in [0.2, 0.25) is 0 Å². The van der Waals surface area contributed by atoms with Crippen molar-refractivity contribution in [2.24, 2.45) is 0 Å². The van der Waals surface area contributed by atoms with Crippen LogP contribution in [0.4, 0.5) is 24.0 Å². The number of anilines is 2. The number of para-hydroxylation sites is 1. The Bertz CT molecular complexity index is 1530. The predicted molar refractivity (Wildman–Crippen MR) is 158 cm³/mol. The molecule has 0 bridgehead atoms. The van der Waals surface area contributed by atoms with Crippen LogP contribution < -0.4 is 15.8 Å². The number of alkyl halides is 3. The fourth-order valence-corrected chi connectivity index (χ4v) is 4.01. The number of benzene rings is 3. The quantitative estimate of drug-likeness (QED) is 0.220. The molecule has 214 valence electrons. The molecule has 2 heterocycles. The lowest BCUT2D eigenvalue weighted by atomic mass is 10.1. The second-order valence-electron chi connectivity index (χ2n) is 7.84. The summed E-state index contributed by atoms with van der Waals surface area (Å²) in [5.74, 6) is -0.284. The molecule has 2 aromatic heterocycles. The number of thiol groups is 1. The van der Waals surface area contributed by atoms with Gasteiger partial charge in [0, 0.05) is 36.6 Å². The van der Waals surface area contributed by atoms with Crippen molar-refractivity contribution < 1.29 is 36.5 Å². The molecule has 1 amide bonds. The van der Waals surface area contributed by atoms with Gasteiger partial charge in [-0.25, -0.2) is 4.98 Å². The number of hydrogen-bond acceptors (Lipinski definition) is 7. The zero-order chi connectivity index (χ0) is 27.1. The number of fused-ring (bicyclic) bond motifs is 1. The molecule has 0 aliphatic rings. The van der Waals surface area contributed by atoms with E-state index in [0.717, 1.165) is 22.1 Å². The Balaban J connectivity index is 0.00000150. The van der Waals surface area contributed by atoms with Crippen molar-refractivity contribution in [2.75, 3.05) is 17.7 Å². The van der Waals surface area contributed by atoms with E-state index >= 15 is 0 Å². The first-order valence-corrected chi connectivity index (χ1v) is 12.5. The number of carbonyl (C=O) groups is 1. The van der Waals surface area contributed by atoms with Crippen LogP contribution in [0.25, 0.3) is 22.0 Å². The van der Waals surface area contributed by atoms with E-state index < -0.39 is 17.6 Å². The highest BCUT2D eigenvalue weighted by atomic mass is 32.1. The minimum Gasteiger partial charge on any atom is -0.483 e. The number of nitrogens with one attached hydrogen (secondary N) is 1. The number of carbonyl (C=O) groups excluding carboxylic acids is 1. The van der Waals surface area contributed by atoms with Crippen molar-refractivity contribution in [3.8, 4) is 16.9 Å². The van der Waals surface area contributed by atoms with E-state index in [0.29, 0.717) is 10.8 Å². The van der Waals surface area contributed by atoms with Crippen molar-refractivity contribution in [3.05, 3.63) is 96.1 Å². The van der Waals surface area contributed by atoms with Crippen LogP contribution in [0, 0.1) is 0 Å². The lowest BCUT2D eigenvalue weighted by Crippen LogP contribution is -2.20. The molecular weight excluding hydrogens is 565 g/mol. The zero-order valence-electron chi connectivity index (χ0n) is 20.6. The largest absolute Gasteiger partial charge is 0.483 e. The zero-order valence-corrected chi connectivity index (χ0v) is 22.4. The third-order valence-corrected chi connectivity index (χ3v) is 6.12. The summed E-state index contributed by atoms with van der Waals surface area (Å²) in [6, 6.07) is 20.1. The first kappa shape index (κ1) is 32.0. The van der Waals surface area contributed by atoms with Gasteiger partial charge in [-0.3, -0.25) is 9.78 Å². The normalized spacial score (nSPS) is 10.4. The van der Waals surface area contributed by atoms with Crippen LogP contribution in [0.15, 0.2) is 95.5 Å². The summed E-state index contributed by atoms with van der Waals surface area (Å²) < 4.78 is 45.1. The van der Waals surface area contributed by atoms with Crippen LogP contribution in [-0.2, 0) is 11.0 Å². The fraction of sp³-hybridized carbons (Fsp3) is 0.0741. The molecule has 0 unspecified atom stereocenters. The van der Waals surface area contributed by atoms with E-state index in [2.05, 4.69) is 27.9 Å². The van der Waals surface area contributed by atoms with E-state index in [1.165, 1.54) is 35.7 Å². The number of ether oxygens (including phenoxy) is 1. The number of hydrogen-bond donors (Lipinski definition) is 3. The Morgan fingerprint density at radius 3 is 2.15 bits per heavy atom. The van der Waals surface area contributed by atoms with Gasteiger partial charge in [0.1, 0.15) is 5.75 Å². The number of nitrogens with two attached hydrogens (primary N) is 1. The second kappa shape index (κ2) is 14.3. The maximum absolute atomic E-state index is 13.2. The molecule has 0 aliphatic carbocycles. The maximum Gasteiger partial charge on any atom is 0.418 e. The number of thiazole rings is 1. The van der Waals surface area contributed by atoms with Crippen molar-refractivity contribution in [3.63, 3.8) is 0 Å². The van der Waals surface area contributed by atoms with Crippen LogP contribution in [0.5, 0.6) is 5.75 Å². The van der Waals surface area contributed by atoms with Gasteiger partial charge in [-0.15, -0.1) is 24.0 Å². The number of pyridine rings is 1. The van der Waals surface area contributed by atoms with Crippen LogP contribution in [0.3, 0.4) is 0 Å². The summed E-state index contributed by atoms with van der Waals surface area (Å²) in [6.45, 7) is -0.361. The van der Waals surface area contributed by atoms with E-state index in [9.17, 15) is 18.0 Å². The molecule has 13 heteroatoms. The first-order chi connectivity index (χ1) is 18.2. The van der Waals surface area contributed by atoms with Crippen LogP contribution in [0.2, 0.25) is 0 Å². The van der Waals surface area contributed by atoms with E-state index in [1.54, 1.807) is 18.3 Å². The SMILES string of the molecule is Nc1nccs1.O.O.O=C(COc1ccnc2c(C(F)(F)F)cccc12)Nc1ccc(-c2ccc(S)cc2)cc1.[HH].[HH]. The number of rotatable bonds is 5. The van der Waals surface area contributed by atoms with Gasteiger partial charge in [0.05, 0.1) is 11.1 Å². The summed E-state index contributed by atoms with van der Waals surface area (Å²) in [6.07, 6.45) is -1.63. The highest BCUT2D eigenvalue weighted by molar-refractivity contribution is 7.80. The molecule has 40 heavy (non-hydrogen) atoms. The van der Waals surface area contributed by atoms with Crippen molar-refractivity contribution in [2.45, 2.75) is 11.1 Å². The minimum absolute atomic E-state index is 0. The van der Waals surface area contributed by atoms with E-state index in [1.807, 2.05) is 41.8 Å². The number of amides is 1. The summed E-state index contributed by atoms with van der Waals surface area (Å²) >= 11 is 5.71. The molecule has 0 atom stereocenters. The third kappa shape index (κ3) is 8.41. The highest BCUT2D eigenvalue weighted by Gasteiger charge is 2.33. The fourth-order valence-electron chi connectivity index (χ4n) is 3.48. The first-order valence-electron chi connectivity index (χ1n) is 11.1. The number of nitrogens with zero attached hydrogens (tertiary/aromatic N) is 2. The lowest BCUT2D eigenvalue weighted by Gasteiger charge is -2.13. The molecule has 0 saturated heterocycles. The molecule has 0 saturated carbocycles. The summed E-state index contributed by atoms with van der Waals surface area (Å²) in [5.41, 5.74) is 6.69. The van der Waals surface area contributed by atoms with Gasteiger partial charge in [-0.1, -0.05) is 30.3 Å². The summed E-state index contributed by atoms with van der Waals surface area (Å²) in [5, 5.41) is 5.38. The van der Waals surface area contributed by atoms with Gasteiger partial charge >= 0.3 is 6.18 Å². The Labute approximate surface area is 239 Å². The molecule has 8 nitrogen and oxygen atoms in total. The minimum atomic E-state index is -4.54. The molecule has 0 radical (unpaired) electrons. The summed E-state index contributed by atoms with van der Waals surface area (Å²) in [4.78, 5) is 20.7. The molecule has 7 N–H and O–H groups in total. The molecule has 3 aromatic carbocycles. The second-order valence-corrected chi connectivity index (χ2v) is 9.28. The molecule has 0 fully saturated rings. The third-order valence-electron chi connectivity index (χ3n) is 5.22. The van der Waals surface area contributed by atoms with Gasteiger partial charge in [-0.2, -0.15) is 13.2 Å². The molecule has 5 aromatic rings. The van der Waals surface area contributed by atoms with Gasteiger partial charge in [0.25, 0.3) is 5.91 Å². The van der Waals surface area contributed by atoms with Crippen LogP contribution in [-0.4, -0.2) is 33.4 Å². The van der Waals surface area contributed by atoms with Gasteiger partial charge < -0.3 is 26.7 Å². The molecule has 0 spiro atoms. The number of halogens is 3. The maximum atomic E-state index is 13.2. The average molecular weight is 595 g/mol. The lowest BCUT2D eigenvalue weighted by molar-refractivity contribution is -0.136. The van der Waals surface area contributed by atoms with Crippen molar-refractivity contribution >= 4 is 51.6 Å². The molecular formula is C27H29F3N4O4S2. The Morgan fingerprint density at radius 1 is 0.950 bits per heavy atom. The summed E-state index contributed by atoms with van der Waals surface area (Å²) in [7, 11) is 0. The number of aromatic nitrogens is 2. The highest BCUT2D eigenvalue weighted by Crippen LogP contribution is 2.36. The smallest absolute Gasteiger partial charge is 0.418 e. The van der Waals surface area contributed by atoms with Gasteiger partial charge in [-0.05, 0) is 53.6 Å². The Morgan fingerprint density at radius 2 is 1.60 bits per heavy atom. The molecule has 0 aliphatic heterocycles. The standard InChI is InChI=1S/C24H17F3N2O2S.C3H4N2S.2H2O.2H2/c25-24(26,27)20-3-1-2-19-21(12-13-28-23(19)20)31-14-22(30)29-17-8-4-15(5-9-17)16-6-10-18(32)11-7-16;4-3-5-1-2-6-3;;;;/h1-13,32H,14H2,(H,29,30);1-2H,(H2,4,5);2*1H2;2*1H. The monoisotopic (exact) mass is 594 g/mol. The topological polar surface area (TPSA) is 153 Å². The van der Waals surface area contributed by atoms with Crippen LogP contribution >= 0.6 is 24.0 Å². The molecule has 5 rings (SSSR count).